The molecule has 1 aliphatic rings. The number of hydrogen-bond donors (Lipinski definition) is 2. The van der Waals surface area contributed by atoms with Gasteiger partial charge < -0.3 is 10.6 Å². The van der Waals surface area contributed by atoms with Gasteiger partial charge in [0.15, 0.2) is 11.6 Å². The zero-order valence-electron chi connectivity index (χ0n) is 10.0. The lowest BCUT2D eigenvalue weighted by Crippen LogP contribution is -2.42. The molecule has 0 aliphatic carbocycles. The van der Waals surface area contributed by atoms with Gasteiger partial charge in [0, 0.05) is 18.7 Å². The molecule has 1 saturated heterocycles. The van der Waals surface area contributed by atoms with Crippen LogP contribution in [0.4, 0.5) is 8.78 Å². The van der Waals surface area contributed by atoms with Crippen LogP contribution >= 0.6 is 0 Å². The first kappa shape index (κ1) is 13.0. The molecule has 0 bridgehead atoms. The van der Waals surface area contributed by atoms with Crippen molar-refractivity contribution in [2.75, 3.05) is 6.54 Å². The van der Waals surface area contributed by atoms with Crippen LogP contribution in [0.3, 0.4) is 0 Å². The molecule has 1 unspecified atom stereocenters. The van der Waals surface area contributed by atoms with Crippen LogP contribution in [0, 0.1) is 11.6 Å². The van der Waals surface area contributed by atoms with E-state index in [4.69, 9.17) is 0 Å². The van der Waals surface area contributed by atoms with E-state index in [1.807, 2.05) is 0 Å². The highest BCUT2D eigenvalue weighted by molar-refractivity contribution is 5.81. The average molecular weight is 254 g/mol. The molecule has 18 heavy (non-hydrogen) atoms. The third-order valence-corrected chi connectivity index (χ3v) is 3.11. The maximum atomic E-state index is 13.4. The van der Waals surface area contributed by atoms with Crippen LogP contribution < -0.4 is 10.6 Å². The second-order valence-corrected chi connectivity index (χ2v) is 4.43. The minimum atomic E-state index is -0.861. The minimum absolute atomic E-state index is 0.0655. The Balaban J connectivity index is 1.98. The van der Waals surface area contributed by atoms with Crippen LogP contribution in [0.1, 0.15) is 24.8 Å². The third-order valence-electron chi connectivity index (χ3n) is 3.11. The molecule has 0 saturated carbocycles. The molecule has 0 spiro atoms. The van der Waals surface area contributed by atoms with E-state index in [0.717, 1.165) is 25.3 Å². The van der Waals surface area contributed by atoms with Crippen molar-refractivity contribution in [2.24, 2.45) is 0 Å². The van der Waals surface area contributed by atoms with E-state index < -0.39 is 11.6 Å². The topological polar surface area (TPSA) is 41.1 Å². The first-order chi connectivity index (χ1) is 8.68. The number of carbonyl (C=O) groups is 1. The molecule has 2 rings (SSSR count). The highest BCUT2D eigenvalue weighted by Crippen LogP contribution is 2.12. The van der Waals surface area contributed by atoms with Crippen molar-refractivity contribution in [3.05, 3.63) is 35.4 Å². The average Bonchev–Trinajstić information content (AvgIpc) is 2.56. The maximum absolute atomic E-state index is 13.4. The summed E-state index contributed by atoms with van der Waals surface area (Å²) in [7, 11) is 0. The molecular formula is C13H16F2N2O. The van der Waals surface area contributed by atoms with E-state index in [2.05, 4.69) is 10.6 Å². The predicted octanol–water partition coefficient (Wildman–Crippen LogP) is 1.72. The molecular weight excluding hydrogens is 238 g/mol. The van der Waals surface area contributed by atoms with Crippen molar-refractivity contribution in [1.29, 1.82) is 0 Å². The predicted molar refractivity (Wildman–Crippen MR) is 63.8 cm³/mol. The third kappa shape index (κ3) is 3.04. The van der Waals surface area contributed by atoms with Gasteiger partial charge in [-0.3, -0.25) is 4.79 Å². The van der Waals surface area contributed by atoms with E-state index >= 15 is 0 Å². The van der Waals surface area contributed by atoms with Crippen molar-refractivity contribution in [1.82, 2.24) is 10.6 Å². The van der Waals surface area contributed by atoms with Gasteiger partial charge in [-0.05, 0) is 25.3 Å². The molecule has 0 radical (unpaired) electrons. The largest absolute Gasteiger partial charge is 0.355 e. The number of benzene rings is 1. The number of halogens is 2. The van der Waals surface area contributed by atoms with Gasteiger partial charge in [-0.25, -0.2) is 8.78 Å². The Hall–Kier alpha value is -1.49. The van der Waals surface area contributed by atoms with Crippen LogP contribution in [0.5, 0.6) is 0 Å². The number of rotatable bonds is 3. The fourth-order valence-corrected chi connectivity index (χ4v) is 2.05. The summed E-state index contributed by atoms with van der Waals surface area (Å²) in [4.78, 5) is 11.6. The lowest BCUT2D eigenvalue weighted by Gasteiger charge is -2.15. The number of amides is 1. The summed E-state index contributed by atoms with van der Waals surface area (Å²) >= 11 is 0. The summed E-state index contributed by atoms with van der Waals surface area (Å²) < 4.78 is 26.4. The summed E-state index contributed by atoms with van der Waals surface area (Å²) in [6.45, 7) is 0.840. The highest BCUT2D eigenvalue weighted by Gasteiger charge is 2.20. The van der Waals surface area contributed by atoms with Gasteiger partial charge in [0.25, 0.3) is 0 Å². The summed E-state index contributed by atoms with van der Waals surface area (Å²) in [5.74, 6) is -1.78. The zero-order valence-corrected chi connectivity index (χ0v) is 10.0. The second kappa shape index (κ2) is 5.91. The molecule has 1 heterocycles. The molecule has 2 N–H and O–H groups in total. The monoisotopic (exact) mass is 254 g/mol. The Morgan fingerprint density at radius 3 is 3.00 bits per heavy atom. The fraction of sp³-hybridized carbons (Fsp3) is 0.462. The molecule has 5 heteroatoms. The molecule has 1 aromatic carbocycles. The van der Waals surface area contributed by atoms with Gasteiger partial charge in [-0.1, -0.05) is 12.1 Å². The Morgan fingerprint density at radius 2 is 2.17 bits per heavy atom. The van der Waals surface area contributed by atoms with E-state index in [1.165, 1.54) is 12.1 Å². The molecule has 1 fully saturated rings. The van der Waals surface area contributed by atoms with Crippen LogP contribution in [-0.4, -0.2) is 18.5 Å². The van der Waals surface area contributed by atoms with E-state index in [9.17, 15) is 13.6 Å². The van der Waals surface area contributed by atoms with Crippen LogP contribution in [0.15, 0.2) is 18.2 Å². The van der Waals surface area contributed by atoms with Crippen LogP contribution in [-0.2, 0) is 11.3 Å². The normalized spacial score (nSPS) is 20.3. The molecule has 98 valence electrons. The molecule has 1 atom stereocenters. The first-order valence-corrected chi connectivity index (χ1v) is 6.12. The molecule has 3 nitrogen and oxygen atoms in total. The zero-order chi connectivity index (χ0) is 13.0. The minimum Gasteiger partial charge on any atom is -0.355 e. The van der Waals surface area contributed by atoms with Gasteiger partial charge in [0.1, 0.15) is 0 Å². The summed E-state index contributed by atoms with van der Waals surface area (Å²) in [6.07, 6.45) is 2.63. The lowest BCUT2D eigenvalue weighted by atomic mass is 10.1. The van der Waals surface area contributed by atoms with Gasteiger partial charge in [0.2, 0.25) is 5.91 Å². The second-order valence-electron chi connectivity index (χ2n) is 4.43. The summed E-state index contributed by atoms with van der Waals surface area (Å²) in [5, 5.41) is 5.76. The lowest BCUT2D eigenvalue weighted by molar-refractivity contribution is -0.122. The van der Waals surface area contributed by atoms with Gasteiger partial charge in [0.05, 0.1) is 6.04 Å². The molecule has 1 aromatic rings. The van der Waals surface area contributed by atoms with Crippen molar-refractivity contribution in [3.8, 4) is 0 Å². The van der Waals surface area contributed by atoms with Crippen molar-refractivity contribution >= 4 is 5.91 Å². The van der Waals surface area contributed by atoms with E-state index in [1.54, 1.807) is 0 Å². The Morgan fingerprint density at radius 1 is 1.33 bits per heavy atom. The number of hydrogen-bond acceptors (Lipinski definition) is 2. The van der Waals surface area contributed by atoms with Crippen molar-refractivity contribution < 1.29 is 13.6 Å². The fourth-order valence-electron chi connectivity index (χ4n) is 2.05. The SMILES string of the molecule is O=C1NCCCCC1NCc1cccc(F)c1F. The standard InChI is InChI=1S/C13H16F2N2O/c14-10-5-3-4-9(12(10)15)8-17-11-6-1-2-7-16-13(11)18/h3-5,11,17H,1-2,6-8H2,(H,16,18). The molecule has 1 aliphatic heterocycles. The smallest absolute Gasteiger partial charge is 0.237 e. The summed E-state index contributed by atoms with van der Waals surface area (Å²) in [5.41, 5.74) is 0.243. The first-order valence-electron chi connectivity index (χ1n) is 6.12. The Bertz CT molecular complexity index is 437. The van der Waals surface area contributed by atoms with Crippen molar-refractivity contribution in [3.63, 3.8) is 0 Å². The van der Waals surface area contributed by atoms with Gasteiger partial charge >= 0.3 is 0 Å². The quantitative estimate of drug-likeness (QED) is 0.862. The van der Waals surface area contributed by atoms with E-state index in [0.29, 0.717) is 6.54 Å². The molecule has 0 aromatic heterocycles. The Labute approximate surface area is 105 Å². The van der Waals surface area contributed by atoms with Crippen molar-refractivity contribution in [2.45, 2.75) is 31.8 Å². The Kier molecular flexibility index (Phi) is 4.25. The maximum Gasteiger partial charge on any atom is 0.237 e. The van der Waals surface area contributed by atoms with Crippen LogP contribution in [0.25, 0.3) is 0 Å². The van der Waals surface area contributed by atoms with Gasteiger partial charge in [-0.2, -0.15) is 0 Å². The highest BCUT2D eigenvalue weighted by atomic mass is 19.2. The van der Waals surface area contributed by atoms with Gasteiger partial charge in [-0.15, -0.1) is 0 Å². The summed E-state index contributed by atoms with van der Waals surface area (Å²) in [6, 6.07) is 3.73. The number of nitrogens with one attached hydrogen (secondary N) is 2. The molecule has 1 amide bonds. The number of carbonyl (C=O) groups excluding carboxylic acids is 1. The van der Waals surface area contributed by atoms with Crippen LogP contribution in [0.2, 0.25) is 0 Å². The van der Waals surface area contributed by atoms with E-state index in [-0.39, 0.29) is 24.1 Å².